The second kappa shape index (κ2) is 11.4. The van der Waals surface area contributed by atoms with E-state index in [1.54, 1.807) is 67.8 Å². The van der Waals surface area contributed by atoms with E-state index < -0.39 is 15.9 Å². The number of carbonyl (C=O) groups is 1. The number of nitrogens with one attached hydrogen (secondary N) is 1. The van der Waals surface area contributed by atoms with Gasteiger partial charge in [0.1, 0.15) is 30.4 Å². The monoisotopic (exact) mass is 484 g/mol. The number of amides is 1. The molecule has 0 radical (unpaired) electrons. The molecule has 0 unspecified atom stereocenters. The second-order valence-corrected chi connectivity index (χ2v) is 9.26. The summed E-state index contributed by atoms with van der Waals surface area (Å²) in [7, 11) is -0.869. The van der Waals surface area contributed by atoms with Crippen LogP contribution in [0.2, 0.25) is 0 Å². The number of rotatable bonds is 11. The molecule has 3 aromatic rings. The largest absolute Gasteiger partial charge is 0.497 e. The maximum Gasteiger partial charge on any atom is 0.264 e. The predicted octanol–water partition coefficient (Wildman–Crippen LogP) is 3.40. The number of carbonyl (C=O) groups excluding carboxylic acids is 1. The Balaban J connectivity index is 1.68. The number of hydrogen-bond donors (Lipinski definition) is 1. The van der Waals surface area contributed by atoms with Crippen molar-refractivity contribution in [2.45, 2.75) is 11.8 Å². The topological polar surface area (TPSA) is 94.2 Å². The van der Waals surface area contributed by atoms with E-state index in [1.807, 2.05) is 6.92 Å². The van der Waals surface area contributed by atoms with E-state index in [1.165, 1.54) is 19.2 Å². The maximum atomic E-state index is 13.4. The number of hydrogen-bond acceptors (Lipinski definition) is 6. The molecule has 180 valence electrons. The lowest BCUT2D eigenvalue weighted by Crippen LogP contribution is -2.41. The first-order chi connectivity index (χ1) is 16.3. The van der Waals surface area contributed by atoms with Crippen molar-refractivity contribution in [3.05, 3.63) is 78.4 Å². The van der Waals surface area contributed by atoms with Gasteiger partial charge < -0.3 is 19.5 Å². The summed E-state index contributed by atoms with van der Waals surface area (Å²) in [5.41, 5.74) is 1.29. The number of methoxy groups -OCH3 is 2. The quantitative estimate of drug-likeness (QED) is 0.419. The molecule has 0 bridgehead atoms. The number of nitrogens with zero attached hydrogens (tertiary/aromatic N) is 1. The lowest BCUT2D eigenvalue weighted by atomic mass is 10.2. The molecule has 8 nitrogen and oxygen atoms in total. The van der Waals surface area contributed by atoms with E-state index in [9.17, 15) is 13.2 Å². The van der Waals surface area contributed by atoms with Crippen molar-refractivity contribution in [1.82, 2.24) is 5.32 Å². The second-order valence-electron chi connectivity index (χ2n) is 7.40. The van der Waals surface area contributed by atoms with Crippen LogP contribution in [0, 0.1) is 6.92 Å². The summed E-state index contributed by atoms with van der Waals surface area (Å²) >= 11 is 0. The number of anilines is 1. The lowest BCUT2D eigenvalue weighted by Gasteiger charge is -2.24. The van der Waals surface area contributed by atoms with Crippen LogP contribution < -0.4 is 23.8 Å². The summed E-state index contributed by atoms with van der Waals surface area (Å²) in [6.45, 7) is 1.93. The Morgan fingerprint density at radius 1 is 0.824 bits per heavy atom. The minimum atomic E-state index is -3.98. The number of benzene rings is 3. The van der Waals surface area contributed by atoms with E-state index in [2.05, 4.69) is 5.32 Å². The van der Waals surface area contributed by atoms with Crippen LogP contribution in [0.4, 0.5) is 5.69 Å². The van der Waals surface area contributed by atoms with Crippen LogP contribution in [0.15, 0.2) is 77.7 Å². The highest BCUT2D eigenvalue weighted by molar-refractivity contribution is 7.92. The first-order valence-electron chi connectivity index (χ1n) is 10.6. The van der Waals surface area contributed by atoms with Gasteiger partial charge in [-0.3, -0.25) is 9.10 Å². The summed E-state index contributed by atoms with van der Waals surface area (Å²) in [5, 5.41) is 2.71. The van der Waals surface area contributed by atoms with Gasteiger partial charge in [0, 0.05) is 0 Å². The molecule has 0 fully saturated rings. The maximum absolute atomic E-state index is 13.4. The molecule has 3 rings (SSSR count). The van der Waals surface area contributed by atoms with Gasteiger partial charge in [0.05, 0.1) is 31.3 Å². The van der Waals surface area contributed by atoms with Gasteiger partial charge in [0.15, 0.2) is 0 Å². The van der Waals surface area contributed by atoms with Crippen molar-refractivity contribution in [2.24, 2.45) is 0 Å². The van der Waals surface area contributed by atoms with E-state index in [-0.39, 0.29) is 24.6 Å². The highest BCUT2D eigenvalue weighted by Crippen LogP contribution is 2.26. The fraction of sp³-hybridized carbons (Fsp3) is 0.240. The van der Waals surface area contributed by atoms with Gasteiger partial charge in [0.25, 0.3) is 10.0 Å². The number of ether oxygens (including phenoxy) is 3. The molecule has 0 atom stereocenters. The highest BCUT2D eigenvalue weighted by Gasteiger charge is 2.27. The molecule has 0 saturated carbocycles. The van der Waals surface area contributed by atoms with Gasteiger partial charge in [-0.05, 0) is 67.6 Å². The van der Waals surface area contributed by atoms with Crippen LogP contribution in [0.1, 0.15) is 5.56 Å². The normalized spacial score (nSPS) is 10.9. The highest BCUT2D eigenvalue weighted by atomic mass is 32.2. The predicted molar refractivity (Wildman–Crippen MR) is 130 cm³/mol. The molecule has 1 N–H and O–H groups in total. The molecule has 0 heterocycles. The van der Waals surface area contributed by atoms with Crippen LogP contribution in [0.3, 0.4) is 0 Å². The van der Waals surface area contributed by atoms with Crippen LogP contribution in [-0.2, 0) is 14.8 Å². The third-order valence-corrected chi connectivity index (χ3v) is 6.80. The van der Waals surface area contributed by atoms with Crippen molar-refractivity contribution in [3.63, 3.8) is 0 Å². The zero-order chi connectivity index (χ0) is 24.6. The van der Waals surface area contributed by atoms with E-state index >= 15 is 0 Å². The fourth-order valence-electron chi connectivity index (χ4n) is 3.12. The Kier molecular flexibility index (Phi) is 8.37. The third kappa shape index (κ3) is 6.41. The number of aryl methyl sites for hydroxylation is 1. The molecule has 0 aliphatic carbocycles. The summed E-state index contributed by atoms with van der Waals surface area (Å²) in [6, 6.07) is 20.1. The van der Waals surface area contributed by atoms with Crippen LogP contribution in [-0.4, -0.2) is 48.2 Å². The standard InChI is InChI=1S/C25H28N2O6S/c1-19-4-14-24(15-5-19)34(29,30)27(20-6-8-21(31-2)9-7-20)18-25(28)26-16-17-33-23-12-10-22(32-3)11-13-23/h4-15H,16-18H2,1-3H3,(H,26,28). The van der Waals surface area contributed by atoms with E-state index in [4.69, 9.17) is 14.2 Å². The summed E-state index contributed by atoms with van der Waals surface area (Å²) in [6.07, 6.45) is 0. The molecule has 3 aromatic carbocycles. The van der Waals surface area contributed by atoms with Gasteiger partial charge in [-0.2, -0.15) is 0 Å². The Bertz CT molecular complexity index is 1180. The molecule has 0 aliphatic rings. The van der Waals surface area contributed by atoms with Crippen molar-refractivity contribution in [2.75, 3.05) is 38.2 Å². The molecule has 0 aromatic heterocycles. The Morgan fingerprint density at radius 3 is 1.91 bits per heavy atom. The zero-order valence-corrected chi connectivity index (χ0v) is 20.2. The summed E-state index contributed by atoms with van der Waals surface area (Å²) in [4.78, 5) is 12.8. The molecular formula is C25H28N2O6S. The molecule has 0 aliphatic heterocycles. The van der Waals surface area contributed by atoms with Gasteiger partial charge in [0.2, 0.25) is 5.91 Å². The molecule has 0 saturated heterocycles. The van der Waals surface area contributed by atoms with Crippen molar-refractivity contribution < 1.29 is 27.4 Å². The first-order valence-corrected chi connectivity index (χ1v) is 12.0. The van der Waals surface area contributed by atoms with E-state index in [0.717, 1.165) is 9.87 Å². The number of sulfonamides is 1. The average molecular weight is 485 g/mol. The smallest absolute Gasteiger partial charge is 0.264 e. The van der Waals surface area contributed by atoms with Crippen molar-refractivity contribution in [3.8, 4) is 17.2 Å². The summed E-state index contributed by atoms with van der Waals surface area (Å²) in [5.74, 6) is 1.48. The molecule has 9 heteroatoms. The molecular weight excluding hydrogens is 456 g/mol. The minimum absolute atomic E-state index is 0.101. The summed E-state index contributed by atoms with van der Waals surface area (Å²) < 4.78 is 43.7. The minimum Gasteiger partial charge on any atom is -0.497 e. The van der Waals surface area contributed by atoms with Crippen LogP contribution in [0.25, 0.3) is 0 Å². The Hall–Kier alpha value is -3.72. The first kappa shape index (κ1) is 24.9. The average Bonchev–Trinajstić information content (AvgIpc) is 2.86. The third-order valence-electron chi connectivity index (χ3n) is 5.01. The van der Waals surface area contributed by atoms with Gasteiger partial charge in [-0.25, -0.2) is 8.42 Å². The molecule has 1 amide bonds. The van der Waals surface area contributed by atoms with Crippen molar-refractivity contribution in [1.29, 1.82) is 0 Å². The van der Waals surface area contributed by atoms with Gasteiger partial charge in [-0.15, -0.1) is 0 Å². The zero-order valence-electron chi connectivity index (χ0n) is 19.4. The van der Waals surface area contributed by atoms with E-state index in [0.29, 0.717) is 22.9 Å². The molecule has 34 heavy (non-hydrogen) atoms. The fourth-order valence-corrected chi connectivity index (χ4v) is 4.54. The Morgan fingerprint density at radius 2 is 1.35 bits per heavy atom. The van der Waals surface area contributed by atoms with Gasteiger partial charge in [-0.1, -0.05) is 17.7 Å². The van der Waals surface area contributed by atoms with Crippen molar-refractivity contribution >= 4 is 21.6 Å². The Labute approximate surface area is 200 Å². The lowest BCUT2D eigenvalue weighted by molar-refractivity contribution is -0.119. The van der Waals surface area contributed by atoms with Crippen LogP contribution >= 0.6 is 0 Å². The van der Waals surface area contributed by atoms with Gasteiger partial charge >= 0.3 is 0 Å². The SMILES string of the molecule is COc1ccc(OCCNC(=O)CN(c2ccc(OC)cc2)S(=O)(=O)c2ccc(C)cc2)cc1. The molecule has 0 spiro atoms. The van der Waals surface area contributed by atoms with Crippen LogP contribution in [0.5, 0.6) is 17.2 Å².